The second-order valence-corrected chi connectivity index (χ2v) is 9.22. The molecule has 35 heavy (non-hydrogen) atoms. The van der Waals surface area contributed by atoms with Crippen molar-refractivity contribution < 1.29 is 25.2 Å². The molecule has 1 heterocycles. The van der Waals surface area contributed by atoms with E-state index in [4.69, 9.17) is 0 Å². The van der Waals surface area contributed by atoms with Gasteiger partial charge in [0.1, 0.15) is 23.3 Å². The number of nitrogens with one attached hydrogen (secondary N) is 2. The van der Waals surface area contributed by atoms with Gasteiger partial charge in [-0.15, -0.1) is 0 Å². The molecule has 186 valence electrons. The van der Waals surface area contributed by atoms with Crippen LogP contribution in [0.2, 0.25) is 0 Å². The molecule has 0 bridgehead atoms. The SMILES string of the molecule is CC(C)(Cc1cccc(CC(=O)NCc2ccccc2O)c1)NCC(O)c1ccc(O)c(CO)n1. The van der Waals surface area contributed by atoms with Crippen LogP contribution in [0.25, 0.3) is 0 Å². The van der Waals surface area contributed by atoms with Crippen LogP contribution in [0.1, 0.15) is 48.0 Å². The number of phenolic OH excluding ortho intramolecular Hbond substituents is 1. The maximum absolute atomic E-state index is 12.4. The molecule has 2 aromatic carbocycles. The third kappa shape index (κ3) is 7.78. The number of amides is 1. The van der Waals surface area contributed by atoms with E-state index in [9.17, 15) is 25.2 Å². The number of carbonyl (C=O) groups excluding carboxylic acids is 1. The number of aromatic nitrogens is 1. The molecule has 3 rings (SSSR count). The molecule has 1 aromatic heterocycles. The molecule has 0 fully saturated rings. The highest BCUT2D eigenvalue weighted by Crippen LogP contribution is 2.20. The van der Waals surface area contributed by atoms with Gasteiger partial charge in [0.05, 0.1) is 18.7 Å². The minimum atomic E-state index is -0.903. The standard InChI is InChI=1S/C27H33N3O5/c1-27(2,29-16-25(34)21-10-11-24(33)22(17-31)30-21)14-19-7-5-6-18(12-19)13-26(35)28-15-20-8-3-4-9-23(20)32/h3-12,25,29,31-34H,13-17H2,1-2H3,(H,28,35). The Morgan fingerprint density at radius 2 is 1.74 bits per heavy atom. The number of β-amino-alcohol motifs (C(OH)–C–C–N with tert-alkyl or cyclic N) is 1. The number of aromatic hydroxyl groups is 2. The van der Waals surface area contributed by atoms with E-state index < -0.39 is 12.7 Å². The summed E-state index contributed by atoms with van der Waals surface area (Å²) in [6, 6.07) is 17.7. The van der Waals surface area contributed by atoms with Crippen molar-refractivity contribution in [3.63, 3.8) is 0 Å². The van der Waals surface area contributed by atoms with Crippen molar-refractivity contribution in [2.75, 3.05) is 6.54 Å². The first-order valence-electron chi connectivity index (χ1n) is 11.5. The second-order valence-electron chi connectivity index (χ2n) is 9.22. The summed E-state index contributed by atoms with van der Waals surface area (Å²) < 4.78 is 0. The molecule has 0 aliphatic heterocycles. The van der Waals surface area contributed by atoms with E-state index in [2.05, 4.69) is 15.6 Å². The first-order chi connectivity index (χ1) is 16.7. The fourth-order valence-corrected chi connectivity index (χ4v) is 3.81. The number of para-hydroxylation sites is 1. The molecule has 0 spiro atoms. The van der Waals surface area contributed by atoms with E-state index in [1.54, 1.807) is 18.2 Å². The number of benzene rings is 2. The first-order valence-corrected chi connectivity index (χ1v) is 11.5. The van der Waals surface area contributed by atoms with Gasteiger partial charge in [0.25, 0.3) is 0 Å². The van der Waals surface area contributed by atoms with Gasteiger partial charge in [0, 0.05) is 24.2 Å². The quantitative estimate of drug-likeness (QED) is 0.249. The van der Waals surface area contributed by atoms with Crippen molar-refractivity contribution in [2.45, 2.75) is 51.5 Å². The number of aliphatic hydroxyl groups excluding tert-OH is 2. The molecule has 3 aromatic rings. The van der Waals surface area contributed by atoms with Gasteiger partial charge < -0.3 is 31.1 Å². The van der Waals surface area contributed by atoms with Crippen LogP contribution < -0.4 is 10.6 Å². The van der Waals surface area contributed by atoms with Gasteiger partial charge in [-0.1, -0.05) is 42.5 Å². The molecule has 1 amide bonds. The van der Waals surface area contributed by atoms with E-state index in [1.807, 2.05) is 44.2 Å². The Kier molecular flexibility index (Phi) is 8.81. The Balaban J connectivity index is 1.53. The number of hydrogen-bond donors (Lipinski definition) is 6. The topological polar surface area (TPSA) is 135 Å². The lowest BCUT2D eigenvalue weighted by atomic mass is 9.93. The summed E-state index contributed by atoms with van der Waals surface area (Å²) in [6.07, 6.45) is -0.00894. The van der Waals surface area contributed by atoms with E-state index in [0.717, 1.165) is 11.1 Å². The normalized spacial score (nSPS) is 12.3. The molecule has 8 nitrogen and oxygen atoms in total. The van der Waals surface area contributed by atoms with Crippen molar-refractivity contribution in [1.82, 2.24) is 15.6 Å². The van der Waals surface area contributed by atoms with Crippen molar-refractivity contribution in [3.8, 4) is 11.5 Å². The predicted molar refractivity (Wildman–Crippen MR) is 133 cm³/mol. The van der Waals surface area contributed by atoms with E-state index >= 15 is 0 Å². The number of rotatable bonds is 11. The largest absolute Gasteiger partial charge is 0.508 e. The Morgan fingerprint density at radius 1 is 1.00 bits per heavy atom. The third-order valence-electron chi connectivity index (χ3n) is 5.71. The van der Waals surface area contributed by atoms with Crippen LogP contribution >= 0.6 is 0 Å². The van der Waals surface area contributed by atoms with Crippen LogP contribution in [0.4, 0.5) is 0 Å². The van der Waals surface area contributed by atoms with E-state index in [0.29, 0.717) is 17.7 Å². The van der Waals surface area contributed by atoms with Gasteiger partial charge in [0.2, 0.25) is 5.91 Å². The molecular weight excluding hydrogens is 446 g/mol. The van der Waals surface area contributed by atoms with E-state index in [1.165, 1.54) is 12.1 Å². The van der Waals surface area contributed by atoms with Crippen molar-refractivity contribution in [1.29, 1.82) is 0 Å². The van der Waals surface area contributed by atoms with Crippen LogP contribution in [-0.4, -0.2) is 43.4 Å². The number of aliphatic hydroxyl groups is 2. The van der Waals surface area contributed by atoms with Crippen LogP contribution in [0.3, 0.4) is 0 Å². The number of phenols is 1. The minimum absolute atomic E-state index is 0.108. The highest BCUT2D eigenvalue weighted by Gasteiger charge is 2.21. The number of pyridine rings is 1. The van der Waals surface area contributed by atoms with E-state index in [-0.39, 0.29) is 48.1 Å². The molecule has 6 N–H and O–H groups in total. The lowest BCUT2D eigenvalue weighted by molar-refractivity contribution is -0.120. The van der Waals surface area contributed by atoms with Crippen LogP contribution in [0, 0.1) is 0 Å². The van der Waals surface area contributed by atoms with Gasteiger partial charge in [0.15, 0.2) is 0 Å². The summed E-state index contributed by atoms with van der Waals surface area (Å²) in [7, 11) is 0. The predicted octanol–water partition coefficient (Wildman–Crippen LogP) is 2.49. The Morgan fingerprint density at radius 3 is 2.49 bits per heavy atom. The summed E-state index contributed by atoms with van der Waals surface area (Å²) in [4.78, 5) is 16.5. The molecule has 8 heteroatoms. The van der Waals surface area contributed by atoms with Gasteiger partial charge >= 0.3 is 0 Å². The fraction of sp³-hybridized carbons (Fsp3) is 0.333. The monoisotopic (exact) mass is 479 g/mol. The van der Waals surface area contributed by atoms with Gasteiger partial charge in [-0.05, 0) is 49.6 Å². The zero-order chi connectivity index (χ0) is 25.4. The fourth-order valence-electron chi connectivity index (χ4n) is 3.81. The molecule has 0 aliphatic rings. The average Bonchev–Trinajstić information content (AvgIpc) is 2.82. The lowest BCUT2D eigenvalue weighted by Gasteiger charge is -2.28. The zero-order valence-electron chi connectivity index (χ0n) is 20.0. The summed E-state index contributed by atoms with van der Waals surface area (Å²) >= 11 is 0. The molecule has 0 radical (unpaired) electrons. The second kappa shape index (κ2) is 11.8. The molecule has 1 atom stereocenters. The zero-order valence-corrected chi connectivity index (χ0v) is 20.0. The average molecular weight is 480 g/mol. The Labute approximate surface area is 205 Å². The maximum atomic E-state index is 12.4. The highest BCUT2D eigenvalue weighted by atomic mass is 16.3. The van der Waals surface area contributed by atoms with Crippen LogP contribution in [0.5, 0.6) is 11.5 Å². The molecule has 1 unspecified atom stereocenters. The summed E-state index contributed by atoms with van der Waals surface area (Å²) in [5.74, 6) is -0.0808. The number of carbonyl (C=O) groups is 1. The first kappa shape index (κ1) is 26.2. The molecule has 0 saturated heterocycles. The minimum Gasteiger partial charge on any atom is -0.508 e. The van der Waals surface area contributed by atoms with Gasteiger partial charge in [-0.2, -0.15) is 0 Å². The number of hydrogen-bond acceptors (Lipinski definition) is 7. The van der Waals surface area contributed by atoms with Crippen molar-refractivity contribution in [2.24, 2.45) is 0 Å². The van der Waals surface area contributed by atoms with Crippen LogP contribution in [-0.2, 0) is 30.8 Å². The highest BCUT2D eigenvalue weighted by molar-refractivity contribution is 5.78. The summed E-state index contributed by atoms with van der Waals surface area (Å²) in [5.41, 5.74) is 2.74. The maximum Gasteiger partial charge on any atom is 0.224 e. The van der Waals surface area contributed by atoms with Crippen molar-refractivity contribution in [3.05, 3.63) is 88.7 Å². The van der Waals surface area contributed by atoms with Crippen LogP contribution in [0.15, 0.2) is 60.7 Å². The third-order valence-corrected chi connectivity index (χ3v) is 5.71. The molecule has 0 aliphatic carbocycles. The summed E-state index contributed by atoms with van der Waals surface area (Å²) in [6.45, 7) is 4.14. The van der Waals surface area contributed by atoms with Gasteiger partial charge in [-0.25, -0.2) is 4.98 Å². The smallest absolute Gasteiger partial charge is 0.224 e. The van der Waals surface area contributed by atoms with Crippen molar-refractivity contribution >= 4 is 5.91 Å². The molecule has 0 saturated carbocycles. The molecular formula is C27H33N3O5. The van der Waals surface area contributed by atoms with Gasteiger partial charge in [-0.3, -0.25) is 4.79 Å². The number of nitrogens with zero attached hydrogens (tertiary/aromatic N) is 1. The summed E-state index contributed by atoms with van der Waals surface area (Å²) in [5, 5.41) is 45.4. The Hall–Kier alpha value is -3.46. The Bertz CT molecular complexity index is 1150. The lowest BCUT2D eigenvalue weighted by Crippen LogP contribution is -2.43.